The van der Waals surface area contributed by atoms with Gasteiger partial charge in [0.1, 0.15) is 6.07 Å². The van der Waals surface area contributed by atoms with Gasteiger partial charge in [0.25, 0.3) is 0 Å². The van der Waals surface area contributed by atoms with Crippen molar-refractivity contribution in [3.63, 3.8) is 0 Å². The van der Waals surface area contributed by atoms with Gasteiger partial charge in [-0.2, -0.15) is 5.26 Å². The molecule has 1 heterocycles. The van der Waals surface area contributed by atoms with Crippen molar-refractivity contribution in [3.05, 3.63) is 28.8 Å². The Balaban J connectivity index is 1.94. The molecule has 0 radical (unpaired) electrons. The van der Waals surface area contributed by atoms with E-state index in [9.17, 15) is 0 Å². The molecule has 16 heavy (non-hydrogen) atoms. The monoisotopic (exact) mass is 235 g/mol. The fraction of sp³-hybridized carbons (Fsp3) is 0.417. The summed E-state index contributed by atoms with van der Waals surface area (Å²) in [5.41, 5.74) is 1.51. The number of hydrogen-bond acceptors (Lipinski definition) is 3. The molecular formula is C12H14ClN3. The predicted octanol–water partition coefficient (Wildman–Crippen LogP) is 2.23. The molecule has 3 nitrogen and oxygen atoms in total. The van der Waals surface area contributed by atoms with Crippen LogP contribution in [-0.4, -0.2) is 19.6 Å². The summed E-state index contributed by atoms with van der Waals surface area (Å²) in [7, 11) is 0. The largest absolute Gasteiger partial charge is 0.385 e. The number of anilines is 1. The highest BCUT2D eigenvalue weighted by Crippen LogP contribution is 2.20. The highest BCUT2D eigenvalue weighted by atomic mass is 35.5. The lowest BCUT2D eigenvalue weighted by atomic mass is 10.1. The molecule has 1 aromatic rings. The van der Waals surface area contributed by atoms with Gasteiger partial charge in [0.05, 0.1) is 10.6 Å². The molecule has 0 aromatic heterocycles. The molecule has 1 unspecified atom stereocenters. The fourth-order valence-electron chi connectivity index (χ4n) is 1.87. The minimum Gasteiger partial charge on any atom is -0.385 e. The Labute approximate surface area is 100 Å². The number of benzene rings is 1. The first-order chi connectivity index (χ1) is 7.79. The van der Waals surface area contributed by atoms with E-state index in [0.717, 1.165) is 25.3 Å². The van der Waals surface area contributed by atoms with Gasteiger partial charge in [0.2, 0.25) is 0 Å². The molecule has 2 N–H and O–H groups in total. The first-order valence-electron chi connectivity index (χ1n) is 5.44. The quantitative estimate of drug-likeness (QED) is 0.845. The van der Waals surface area contributed by atoms with Crippen LogP contribution in [0.15, 0.2) is 18.2 Å². The Morgan fingerprint density at radius 2 is 2.44 bits per heavy atom. The molecule has 1 aliphatic heterocycles. The summed E-state index contributed by atoms with van der Waals surface area (Å²) in [6.07, 6.45) is 1.22. The molecule has 84 valence electrons. The molecule has 0 bridgehead atoms. The third-order valence-corrected chi connectivity index (χ3v) is 3.16. The lowest BCUT2D eigenvalue weighted by molar-refractivity contribution is 0.615. The molecule has 0 saturated carbocycles. The molecule has 1 aliphatic rings. The topological polar surface area (TPSA) is 47.9 Å². The maximum atomic E-state index is 8.75. The molecule has 1 atom stereocenters. The van der Waals surface area contributed by atoms with Gasteiger partial charge in [0, 0.05) is 12.2 Å². The first-order valence-corrected chi connectivity index (χ1v) is 5.81. The molecular weight excluding hydrogens is 222 g/mol. The van der Waals surface area contributed by atoms with Gasteiger partial charge < -0.3 is 10.6 Å². The van der Waals surface area contributed by atoms with Gasteiger partial charge in [-0.25, -0.2) is 0 Å². The second kappa shape index (κ2) is 5.20. The highest BCUT2D eigenvalue weighted by Gasteiger charge is 2.13. The smallest absolute Gasteiger partial charge is 0.101 e. The van der Waals surface area contributed by atoms with Crippen LogP contribution in [0, 0.1) is 17.2 Å². The zero-order chi connectivity index (χ0) is 11.4. The van der Waals surface area contributed by atoms with E-state index in [0.29, 0.717) is 16.5 Å². The van der Waals surface area contributed by atoms with E-state index in [1.807, 2.05) is 18.2 Å². The minimum atomic E-state index is 0.511. The third-order valence-electron chi connectivity index (χ3n) is 2.85. The predicted molar refractivity (Wildman–Crippen MR) is 65.6 cm³/mol. The van der Waals surface area contributed by atoms with Crippen LogP contribution in [0.25, 0.3) is 0 Å². The van der Waals surface area contributed by atoms with Gasteiger partial charge in [-0.05, 0) is 43.6 Å². The van der Waals surface area contributed by atoms with Crippen LogP contribution >= 0.6 is 11.6 Å². The van der Waals surface area contributed by atoms with Crippen LogP contribution in [0.2, 0.25) is 5.02 Å². The molecule has 0 amide bonds. The standard InChI is InChI=1S/C12H14ClN3/c13-12-5-11(2-1-10(12)6-14)16-8-9-3-4-15-7-9/h1-2,5,9,15-16H,3-4,7-8H2. The molecule has 0 aliphatic carbocycles. The van der Waals surface area contributed by atoms with Crippen molar-refractivity contribution in [3.8, 4) is 6.07 Å². The number of nitrogens with one attached hydrogen (secondary N) is 2. The van der Waals surface area contributed by atoms with Crippen molar-refractivity contribution in [1.29, 1.82) is 5.26 Å². The first kappa shape index (κ1) is 11.3. The molecule has 2 rings (SSSR count). The van der Waals surface area contributed by atoms with E-state index in [1.165, 1.54) is 6.42 Å². The number of rotatable bonds is 3. The maximum Gasteiger partial charge on any atom is 0.101 e. The van der Waals surface area contributed by atoms with Crippen LogP contribution < -0.4 is 10.6 Å². The van der Waals surface area contributed by atoms with Gasteiger partial charge in [-0.3, -0.25) is 0 Å². The van der Waals surface area contributed by atoms with Gasteiger partial charge >= 0.3 is 0 Å². The summed E-state index contributed by atoms with van der Waals surface area (Å²) in [5.74, 6) is 0.689. The normalized spacial score (nSPS) is 19.4. The van der Waals surface area contributed by atoms with Crippen LogP contribution in [0.5, 0.6) is 0 Å². The Morgan fingerprint density at radius 1 is 1.56 bits per heavy atom. The van der Waals surface area contributed by atoms with E-state index in [2.05, 4.69) is 10.6 Å². The summed E-state index contributed by atoms with van der Waals surface area (Å²) in [6, 6.07) is 7.50. The van der Waals surface area contributed by atoms with Crippen molar-refractivity contribution in [2.24, 2.45) is 5.92 Å². The molecule has 0 spiro atoms. The third kappa shape index (κ3) is 2.66. The SMILES string of the molecule is N#Cc1ccc(NCC2CCNC2)cc1Cl. The zero-order valence-corrected chi connectivity index (χ0v) is 9.72. The second-order valence-electron chi connectivity index (χ2n) is 4.05. The lowest BCUT2D eigenvalue weighted by Gasteiger charge is -2.11. The van der Waals surface area contributed by atoms with Crippen molar-refractivity contribution >= 4 is 17.3 Å². The summed E-state index contributed by atoms with van der Waals surface area (Å²) in [5, 5.41) is 15.9. The van der Waals surface area contributed by atoms with Crippen molar-refractivity contribution in [1.82, 2.24) is 5.32 Å². The summed E-state index contributed by atoms with van der Waals surface area (Å²) >= 11 is 5.95. The second-order valence-corrected chi connectivity index (χ2v) is 4.45. The lowest BCUT2D eigenvalue weighted by Crippen LogP contribution is -2.17. The summed E-state index contributed by atoms with van der Waals surface area (Å²) in [4.78, 5) is 0. The van der Waals surface area contributed by atoms with Gasteiger partial charge in [-0.1, -0.05) is 11.6 Å². The highest BCUT2D eigenvalue weighted by molar-refractivity contribution is 6.32. The Bertz CT molecular complexity index is 405. The average molecular weight is 236 g/mol. The van der Waals surface area contributed by atoms with E-state index in [1.54, 1.807) is 6.07 Å². The van der Waals surface area contributed by atoms with E-state index in [-0.39, 0.29) is 0 Å². The number of nitriles is 1. The van der Waals surface area contributed by atoms with Crippen LogP contribution in [0.1, 0.15) is 12.0 Å². The molecule has 1 saturated heterocycles. The number of hydrogen-bond donors (Lipinski definition) is 2. The Kier molecular flexibility index (Phi) is 3.66. The molecule has 1 fully saturated rings. The summed E-state index contributed by atoms with van der Waals surface area (Å²) in [6.45, 7) is 3.15. The van der Waals surface area contributed by atoms with Crippen molar-refractivity contribution in [2.45, 2.75) is 6.42 Å². The Hall–Kier alpha value is -1.24. The summed E-state index contributed by atoms with van der Waals surface area (Å²) < 4.78 is 0. The van der Waals surface area contributed by atoms with E-state index < -0.39 is 0 Å². The van der Waals surface area contributed by atoms with Gasteiger partial charge in [-0.15, -0.1) is 0 Å². The fourth-order valence-corrected chi connectivity index (χ4v) is 2.09. The molecule has 4 heteroatoms. The number of nitrogens with zero attached hydrogens (tertiary/aromatic N) is 1. The number of halogens is 1. The van der Waals surface area contributed by atoms with E-state index >= 15 is 0 Å². The minimum absolute atomic E-state index is 0.511. The Morgan fingerprint density at radius 3 is 3.06 bits per heavy atom. The maximum absolute atomic E-state index is 8.75. The van der Waals surface area contributed by atoms with Gasteiger partial charge in [0.15, 0.2) is 0 Å². The molecule has 1 aromatic carbocycles. The average Bonchev–Trinajstić information content (AvgIpc) is 2.79. The van der Waals surface area contributed by atoms with E-state index in [4.69, 9.17) is 16.9 Å². The van der Waals surface area contributed by atoms with Crippen LogP contribution in [-0.2, 0) is 0 Å². The van der Waals surface area contributed by atoms with Crippen molar-refractivity contribution < 1.29 is 0 Å². The van der Waals surface area contributed by atoms with Crippen molar-refractivity contribution in [2.75, 3.05) is 25.0 Å². The van der Waals surface area contributed by atoms with Crippen LogP contribution in [0.3, 0.4) is 0 Å². The zero-order valence-electron chi connectivity index (χ0n) is 8.96. The van der Waals surface area contributed by atoms with Crippen LogP contribution in [0.4, 0.5) is 5.69 Å².